The maximum atomic E-state index is 13.0. The molecule has 1 aromatic carbocycles. The predicted octanol–water partition coefficient (Wildman–Crippen LogP) is 0.511. The number of hydrogen-bond donors (Lipinski definition) is 1. The molecule has 0 aromatic heterocycles. The number of likely N-dealkylation sites (N-methyl/N-ethyl adjacent to an activating group) is 1. The summed E-state index contributed by atoms with van der Waals surface area (Å²) < 4.78 is 31.9. The number of nitrogens with zero attached hydrogens (tertiary/aromatic N) is 2. The van der Waals surface area contributed by atoms with Gasteiger partial charge in [-0.1, -0.05) is 0 Å². The molecular weight excluding hydrogens is 346 g/mol. The van der Waals surface area contributed by atoms with Gasteiger partial charge >= 0.3 is 5.97 Å². The summed E-state index contributed by atoms with van der Waals surface area (Å²) in [5.74, 6) is -0.808. The maximum Gasteiger partial charge on any atom is 0.324 e. The molecule has 1 heterocycles. The van der Waals surface area contributed by atoms with E-state index in [1.54, 1.807) is 0 Å². The van der Waals surface area contributed by atoms with Gasteiger partial charge in [0.15, 0.2) is 0 Å². The molecular formula is C16H23N3O5S. The molecule has 0 bridgehead atoms. The molecule has 0 unspecified atom stereocenters. The highest BCUT2D eigenvalue weighted by Crippen LogP contribution is 2.29. The van der Waals surface area contributed by atoms with Crippen LogP contribution in [0.4, 0.5) is 5.69 Å². The molecule has 2 atom stereocenters. The van der Waals surface area contributed by atoms with Crippen molar-refractivity contribution in [2.24, 2.45) is 0 Å². The van der Waals surface area contributed by atoms with Crippen LogP contribution in [0.25, 0.3) is 0 Å². The standard InChI is InChI=1S/C16H23N3O5S/c1-11(20)17-12-5-7-14(8-6-12)25(22,23)19-10-13(18(2)3)9-15(19)16(21)24-4/h5-8,13,15H,9-10H2,1-4H3,(H,17,20)/t13-,15+/m1/s1. The number of anilines is 1. The Morgan fingerprint density at radius 2 is 1.84 bits per heavy atom. The van der Waals surface area contributed by atoms with Crippen LogP contribution >= 0.6 is 0 Å². The highest BCUT2D eigenvalue weighted by molar-refractivity contribution is 7.89. The number of carbonyl (C=O) groups is 2. The van der Waals surface area contributed by atoms with Crippen LogP contribution in [0, 0.1) is 0 Å². The summed E-state index contributed by atoms with van der Waals surface area (Å²) >= 11 is 0. The fourth-order valence-corrected chi connectivity index (χ4v) is 4.45. The highest BCUT2D eigenvalue weighted by atomic mass is 32.2. The van der Waals surface area contributed by atoms with Crippen LogP contribution in [0.3, 0.4) is 0 Å². The van der Waals surface area contributed by atoms with Crippen LogP contribution in [-0.2, 0) is 24.3 Å². The second-order valence-electron chi connectivity index (χ2n) is 6.17. The van der Waals surface area contributed by atoms with E-state index >= 15 is 0 Å². The number of sulfonamides is 1. The van der Waals surface area contributed by atoms with E-state index in [2.05, 4.69) is 5.32 Å². The van der Waals surface area contributed by atoms with Crippen molar-refractivity contribution in [2.75, 3.05) is 33.1 Å². The van der Waals surface area contributed by atoms with Crippen LogP contribution in [-0.4, -0.2) is 69.3 Å². The number of hydrogen-bond acceptors (Lipinski definition) is 6. The Bertz CT molecular complexity index is 746. The van der Waals surface area contributed by atoms with Crippen molar-refractivity contribution in [3.8, 4) is 0 Å². The quantitative estimate of drug-likeness (QED) is 0.760. The van der Waals surface area contributed by atoms with E-state index in [1.807, 2.05) is 19.0 Å². The van der Waals surface area contributed by atoms with Crippen molar-refractivity contribution in [3.63, 3.8) is 0 Å². The van der Waals surface area contributed by atoms with E-state index in [0.29, 0.717) is 12.1 Å². The van der Waals surface area contributed by atoms with Gasteiger partial charge in [-0.05, 0) is 44.8 Å². The number of esters is 1. The average Bonchev–Trinajstić information content (AvgIpc) is 3.00. The third-order valence-corrected chi connectivity index (χ3v) is 6.11. The van der Waals surface area contributed by atoms with Gasteiger partial charge in [0.2, 0.25) is 15.9 Å². The zero-order valence-corrected chi connectivity index (χ0v) is 15.5. The molecule has 138 valence electrons. The highest BCUT2D eigenvalue weighted by Gasteiger charge is 2.45. The number of amides is 1. The van der Waals surface area contributed by atoms with Crippen LogP contribution in [0.1, 0.15) is 13.3 Å². The molecule has 25 heavy (non-hydrogen) atoms. The minimum atomic E-state index is -3.86. The van der Waals surface area contributed by atoms with Gasteiger partial charge < -0.3 is 15.0 Å². The summed E-state index contributed by atoms with van der Waals surface area (Å²) in [6, 6.07) is 4.94. The Hall–Kier alpha value is -1.97. The van der Waals surface area contributed by atoms with Gasteiger partial charge in [-0.2, -0.15) is 4.31 Å². The van der Waals surface area contributed by atoms with Gasteiger partial charge in [-0.15, -0.1) is 0 Å². The lowest BCUT2D eigenvalue weighted by molar-refractivity contribution is -0.144. The van der Waals surface area contributed by atoms with E-state index in [9.17, 15) is 18.0 Å². The number of methoxy groups -OCH3 is 1. The van der Waals surface area contributed by atoms with Crippen LogP contribution in [0.2, 0.25) is 0 Å². The Balaban J connectivity index is 2.32. The molecule has 1 amide bonds. The van der Waals surface area contributed by atoms with Crippen molar-refractivity contribution in [3.05, 3.63) is 24.3 Å². The predicted molar refractivity (Wildman–Crippen MR) is 92.5 cm³/mol. The summed E-state index contributed by atoms with van der Waals surface area (Å²) in [5.41, 5.74) is 0.503. The van der Waals surface area contributed by atoms with Gasteiger partial charge in [-0.3, -0.25) is 9.59 Å². The van der Waals surface area contributed by atoms with Crippen molar-refractivity contribution in [1.82, 2.24) is 9.21 Å². The third-order valence-electron chi connectivity index (χ3n) is 4.22. The van der Waals surface area contributed by atoms with Crippen LogP contribution in [0.5, 0.6) is 0 Å². The van der Waals surface area contributed by atoms with E-state index in [1.165, 1.54) is 42.6 Å². The first-order valence-corrected chi connectivity index (χ1v) is 9.24. The fraction of sp³-hybridized carbons (Fsp3) is 0.500. The molecule has 0 radical (unpaired) electrons. The smallest absolute Gasteiger partial charge is 0.324 e. The topological polar surface area (TPSA) is 96.0 Å². The zero-order valence-electron chi connectivity index (χ0n) is 14.7. The SMILES string of the molecule is COC(=O)[C@@H]1C[C@@H](N(C)C)CN1S(=O)(=O)c1ccc(NC(C)=O)cc1. The Kier molecular flexibility index (Phi) is 5.81. The molecule has 1 aliphatic heterocycles. The molecule has 0 spiro atoms. The number of ether oxygens (including phenoxy) is 1. The lowest BCUT2D eigenvalue weighted by atomic mass is 10.1. The van der Waals surface area contributed by atoms with Crippen molar-refractivity contribution in [2.45, 2.75) is 30.3 Å². The number of nitrogens with one attached hydrogen (secondary N) is 1. The molecule has 0 aliphatic carbocycles. The number of benzene rings is 1. The van der Waals surface area contributed by atoms with E-state index in [-0.39, 0.29) is 23.4 Å². The fourth-order valence-electron chi connectivity index (χ4n) is 2.82. The molecule has 1 aliphatic rings. The first-order valence-electron chi connectivity index (χ1n) is 7.80. The molecule has 2 rings (SSSR count). The van der Waals surface area contributed by atoms with Gasteiger partial charge in [0.1, 0.15) is 6.04 Å². The monoisotopic (exact) mass is 369 g/mol. The minimum Gasteiger partial charge on any atom is -0.468 e. The largest absolute Gasteiger partial charge is 0.468 e. The Morgan fingerprint density at radius 1 is 1.24 bits per heavy atom. The number of rotatable bonds is 5. The maximum absolute atomic E-state index is 13.0. The summed E-state index contributed by atoms with van der Waals surface area (Å²) in [7, 11) is 1.08. The molecule has 0 saturated carbocycles. The first kappa shape index (κ1) is 19.4. The first-order chi connectivity index (χ1) is 11.7. The molecule has 8 nitrogen and oxygen atoms in total. The molecule has 9 heteroatoms. The summed E-state index contributed by atoms with van der Waals surface area (Å²) in [4.78, 5) is 25.1. The van der Waals surface area contributed by atoms with E-state index in [4.69, 9.17) is 4.74 Å². The van der Waals surface area contributed by atoms with Crippen LogP contribution < -0.4 is 5.32 Å². The summed E-state index contributed by atoms with van der Waals surface area (Å²) in [6.07, 6.45) is 0.378. The van der Waals surface area contributed by atoms with Crippen LogP contribution in [0.15, 0.2) is 29.2 Å². The van der Waals surface area contributed by atoms with Crippen molar-refractivity contribution >= 4 is 27.6 Å². The lowest BCUT2D eigenvalue weighted by Gasteiger charge is -2.22. The minimum absolute atomic E-state index is 0.0647. The third kappa shape index (κ3) is 4.17. The van der Waals surface area contributed by atoms with E-state index < -0.39 is 22.0 Å². The van der Waals surface area contributed by atoms with Crippen molar-refractivity contribution in [1.29, 1.82) is 0 Å². The Labute approximate surface area is 147 Å². The Morgan fingerprint density at radius 3 is 2.32 bits per heavy atom. The molecule has 1 N–H and O–H groups in total. The second kappa shape index (κ2) is 7.51. The molecule has 1 fully saturated rings. The average molecular weight is 369 g/mol. The van der Waals surface area contributed by atoms with Gasteiger partial charge in [0, 0.05) is 25.2 Å². The van der Waals surface area contributed by atoms with Gasteiger partial charge in [-0.25, -0.2) is 8.42 Å². The normalized spacial score (nSPS) is 21.3. The van der Waals surface area contributed by atoms with Gasteiger partial charge in [0.25, 0.3) is 0 Å². The van der Waals surface area contributed by atoms with E-state index in [0.717, 1.165) is 0 Å². The van der Waals surface area contributed by atoms with Crippen molar-refractivity contribution < 1.29 is 22.7 Å². The molecule has 1 saturated heterocycles. The molecule has 1 aromatic rings. The summed E-state index contributed by atoms with van der Waals surface area (Å²) in [5, 5.41) is 2.58. The van der Waals surface area contributed by atoms with Gasteiger partial charge in [0.05, 0.1) is 12.0 Å². The second-order valence-corrected chi connectivity index (χ2v) is 8.06. The summed E-state index contributed by atoms with van der Waals surface area (Å²) in [6.45, 7) is 1.58. The number of carbonyl (C=O) groups excluding carboxylic acids is 2. The zero-order chi connectivity index (χ0) is 18.8. The lowest BCUT2D eigenvalue weighted by Crippen LogP contribution is -2.41.